The van der Waals surface area contributed by atoms with Gasteiger partial charge in [-0.25, -0.2) is 9.50 Å². The zero-order chi connectivity index (χ0) is 10.3. The monoisotopic (exact) mass is 311 g/mol. The van der Waals surface area contributed by atoms with E-state index in [1.165, 1.54) is 0 Å². The number of pyridine rings is 1. The molecule has 0 radical (unpaired) electrons. The number of rotatable bonds is 1. The van der Waals surface area contributed by atoms with Crippen LogP contribution in [0.5, 0.6) is 0 Å². The fourth-order valence-electron chi connectivity index (χ4n) is 1.49. The van der Waals surface area contributed by atoms with Crippen LogP contribution in [0.3, 0.4) is 0 Å². The Hall–Kier alpha value is -1.44. The predicted molar refractivity (Wildman–Crippen MR) is 63.3 cm³/mol. The van der Waals surface area contributed by atoms with Crippen molar-refractivity contribution in [3.63, 3.8) is 0 Å². The number of hydrogen-bond acceptors (Lipinski definition) is 3. The van der Waals surface area contributed by atoms with Crippen molar-refractivity contribution in [2.24, 2.45) is 0 Å². The summed E-state index contributed by atoms with van der Waals surface area (Å²) in [6.07, 6.45) is 3.60. The Kier molecular flexibility index (Phi) is 1.94. The van der Waals surface area contributed by atoms with Crippen LogP contribution < -0.4 is 0 Å². The van der Waals surface area contributed by atoms with Gasteiger partial charge in [0.2, 0.25) is 3.83 Å². The van der Waals surface area contributed by atoms with E-state index in [0.29, 0.717) is 0 Å². The summed E-state index contributed by atoms with van der Waals surface area (Å²) in [7, 11) is 0. The molecule has 3 heterocycles. The number of aromatic nitrogens is 5. The maximum atomic E-state index is 4.32. The average Bonchev–Trinajstić information content (AvgIpc) is 2.82. The molecule has 0 saturated heterocycles. The van der Waals surface area contributed by atoms with Crippen molar-refractivity contribution in [2.75, 3.05) is 0 Å². The van der Waals surface area contributed by atoms with Gasteiger partial charge in [-0.15, -0.1) is 5.10 Å². The van der Waals surface area contributed by atoms with Gasteiger partial charge < -0.3 is 0 Å². The summed E-state index contributed by atoms with van der Waals surface area (Å²) >= 11 is 2.10. The molecular formula is C9H6IN5. The van der Waals surface area contributed by atoms with Crippen LogP contribution in [0.15, 0.2) is 30.6 Å². The Bertz CT molecular complexity index is 598. The Labute approximate surface area is 98.7 Å². The Morgan fingerprint density at radius 3 is 3.07 bits per heavy atom. The fourth-order valence-corrected chi connectivity index (χ4v) is 1.95. The van der Waals surface area contributed by atoms with E-state index in [1.54, 1.807) is 6.20 Å². The zero-order valence-electron chi connectivity index (χ0n) is 7.55. The van der Waals surface area contributed by atoms with Crippen LogP contribution in [0.1, 0.15) is 0 Å². The molecule has 0 aliphatic rings. The molecule has 0 saturated carbocycles. The lowest BCUT2D eigenvalue weighted by Crippen LogP contribution is -1.92. The second-order valence-corrected chi connectivity index (χ2v) is 4.01. The first-order valence-corrected chi connectivity index (χ1v) is 5.43. The zero-order valence-corrected chi connectivity index (χ0v) is 9.71. The van der Waals surface area contributed by atoms with Crippen LogP contribution >= 0.6 is 22.6 Å². The molecule has 0 bridgehead atoms. The first-order chi connectivity index (χ1) is 7.34. The van der Waals surface area contributed by atoms with Crippen LogP contribution in [0.25, 0.3) is 16.9 Å². The van der Waals surface area contributed by atoms with E-state index >= 15 is 0 Å². The molecule has 0 aliphatic heterocycles. The van der Waals surface area contributed by atoms with Gasteiger partial charge in [-0.1, -0.05) is 6.07 Å². The van der Waals surface area contributed by atoms with Crippen LogP contribution in [0.2, 0.25) is 0 Å². The van der Waals surface area contributed by atoms with Crippen molar-refractivity contribution in [1.29, 1.82) is 0 Å². The molecule has 15 heavy (non-hydrogen) atoms. The van der Waals surface area contributed by atoms with E-state index in [1.807, 2.05) is 28.9 Å². The van der Waals surface area contributed by atoms with Crippen molar-refractivity contribution in [3.8, 4) is 11.3 Å². The number of hydrogen-bond donors (Lipinski definition) is 1. The highest BCUT2D eigenvalue weighted by Gasteiger charge is 2.07. The lowest BCUT2D eigenvalue weighted by molar-refractivity contribution is 0.952. The molecule has 0 amide bonds. The minimum absolute atomic E-state index is 0.739. The van der Waals surface area contributed by atoms with E-state index < -0.39 is 0 Å². The molecule has 0 unspecified atom stereocenters. The first-order valence-electron chi connectivity index (χ1n) is 4.35. The lowest BCUT2D eigenvalue weighted by Gasteiger charge is -1.99. The van der Waals surface area contributed by atoms with Crippen molar-refractivity contribution in [2.45, 2.75) is 0 Å². The quantitative estimate of drug-likeness (QED) is 0.696. The van der Waals surface area contributed by atoms with Gasteiger partial charge in [0, 0.05) is 34.4 Å². The second kappa shape index (κ2) is 3.30. The number of aromatic amines is 1. The summed E-state index contributed by atoms with van der Waals surface area (Å²) in [6, 6.07) is 5.88. The number of nitrogens with zero attached hydrogens (tertiary/aromatic N) is 4. The third-order valence-corrected chi connectivity index (χ3v) is 2.58. The Balaban J connectivity index is 2.35. The van der Waals surface area contributed by atoms with Gasteiger partial charge in [-0.3, -0.25) is 5.10 Å². The summed E-state index contributed by atoms with van der Waals surface area (Å²) in [5.74, 6) is 0. The van der Waals surface area contributed by atoms with E-state index in [0.717, 1.165) is 20.7 Å². The topological polar surface area (TPSA) is 58.9 Å². The molecule has 0 fully saturated rings. The minimum Gasteiger partial charge on any atom is -0.285 e. The van der Waals surface area contributed by atoms with Gasteiger partial charge in [0.25, 0.3) is 0 Å². The van der Waals surface area contributed by atoms with E-state index in [9.17, 15) is 0 Å². The van der Waals surface area contributed by atoms with Gasteiger partial charge >= 0.3 is 0 Å². The lowest BCUT2D eigenvalue weighted by atomic mass is 10.2. The molecule has 0 atom stereocenters. The molecule has 74 valence electrons. The summed E-state index contributed by atoms with van der Waals surface area (Å²) in [6.45, 7) is 0. The highest BCUT2D eigenvalue weighted by Crippen LogP contribution is 2.18. The predicted octanol–water partition coefficient (Wildman–Crippen LogP) is 1.72. The van der Waals surface area contributed by atoms with Gasteiger partial charge in [0.15, 0.2) is 5.65 Å². The van der Waals surface area contributed by atoms with Crippen molar-refractivity contribution >= 4 is 28.2 Å². The number of nitrogens with one attached hydrogen (secondary N) is 1. The number of halogens is 1. The molecule has 3 aromatic heterocycles. The maximum absolute atomic E-state index is 4.32. The third-order valence-electron chi connectivity index (χ3n) is 2.13. The summed E-state index contributed by atoms with van der Waals surface area (Å²) in [5, 5.41) is 11.0. The molecule has 1 N–H and O–H groups in total. The van der Waals surface area contributed by atoms with Gasteiger partial charge in [0.05, 0.1) is 11.9 Å². The molecule has 0 aromatic carbocycles. The second-order valence-electron chi connectivity index (χ2n) is 3.05. The van der Waals surface area contributed by atoms with Crippen LogP contribution in [0, 0.1) is 3.83 Å². The standard InChI is InChI=1S/C9H6IN5/c10-9-13-8-3-1-2-7(15(8)14-9)6-4-11-12-5-6/h1-5H,(H,11,12). The largest absolute Gasteiger partial charge is 0.285 e. The van der Waals surface area contributed by atoms with Crippen molar-refractivity contribution in [3.05, 3.63) is 34.4 Å². The van der Waals surface area contributed by atoms with Gasteiger partial charge in [0.1, 0.15) is 0 Å². The molecule has 5 nitrogen and oxygen atoms in total. The summed E-state index contributed by atoms with van der Waals surface area (Å²) < 4.78 is 2.55. The average molecular weight is 311 g/mol. The van der Waals surface area contributed by atoms with Crippen LogP contribution in [0.4, 0.5) is 0 Å². The molecule has 0 aliphatic carbocycles. The van der Waals surface area contributed by atoms with Crippen molar-refractivity contribution in [1.82, 2.24) is 24.8 Å². The van der Waals surface area contributed by atoms with Crippen molar-refractivity contribution < 1.29 is 0 Å². The third kappa shape index (κ3) is 1.41. The highest BCUT2D eigenvalue weighted by atomic mass is 127. The van der Waals surface area contributed by atoms with E-state index in [4.69, 9.17) is 0 Å². The summed E-state index contributed by atoms with van der Waals surface area (Å²) in [5.41, 5.74) is 2.83. The molecular weight excluding hydrogens is 305 g/mol. The molecule has 6 heteroatoms. The maximum Gasteiger partial charge on any atom is 0.212 e. The van der Waals surface area contributed by atoms with E-state index in [-0.39, 0.29) is 0 Å². The molecule has 3 rings (SSSR count). The normalized spacial score (nSPS) is 11.0. The Morgan fingerprint density at radius 1 is 1.33 bits per heavy atom. The van der Waals surface area contributed by atoms with Gasteiger partial charge in [-0.05, 0) is 12.1 Å². The number of H-pyrrole nitrogens is 1. The van der Waals surface area contributed by atoms with Crippen LogP contribution in [-0.2, 0) is 0 Å². The smallest absolute Gasteiger partial charge is 0.212 e. The minimum atomic E-state index is 0.739. The molecule has 0 spiro atoms. The highest BCUT2D eigenvalue weighted by molar-refractivity contribution is 14.1. The Morgan fingerprint density at radius 2 is 2.27 bits per heavy atom. The SMILES string of the molecule is Ic1nc2cccc(-c3cn[nH]c3)n2n1. The number of fused-ring (bicyclic) bond motifs is 1. The van der Waals surface area contributed by atoms with E-state index in [2.05, 4.69) is 42.9 Å². The van der Waals surface area contributed by atoms with Gasteiger partial charge in [-0.2, -0.15) is 5.10 Å². The fraction of sp³-hybridized carbons (Fsp3) is 0. The molecule has 3 aromatic rings. The summed E-state index contributed by atoms with van der Waals surface area (Å²) in [4.78, 5) is 4.29. The van der Waals surface area contributed by atoms with Crippen LogP contribution in [-0.4, -0.2) is 24.8 Å². The first kappa shape index (κ1) is 8.84.